The molecule has 8 nitrogen and oxygen atoms in total. The van der Waals surface area contributed by atoms with E-state index in [4.69, 9.17) is 9.47 Å². The summed E-state index contributed by atoms with van der Waals surface area (Å²) in [6.07, 6.45) is 0.858. The van der Waals surface area contributed by atoms with Crippen molar-refractivity contribution in [2.24, 2.45) is 0 Å². The second-order valence-electron chi connectivity index (χ2n) is 8.02. The van der Waals surface area contributed by atoms with E-state index >= 15 is 0 Å². The van der Waals surface area contributed by atoms with Gasteiger partial charge in [-0.25, -0.2) is 13.6 Å². The molecule has 2 aromatic rings. The fourth-order valence-corrected chi connectivity index (χ4v) is 3.81. The second kappa shape index (κ2) is 10.6. The molecule has 0 unspecified atom stereocenters. The number of benzene rings is 1. The monoisotopic (exact) mass is 463 g/mol. The molecule has 0 N–H and O–H groups in total. The summed E-state index contributed by atoms with van der Waals surface area (Å²) in [6.45, 7) is 1.47. The number of hydrogen-bond acceptors (Lipinski definition) is 6. The Morgan fingerprint density at radius 3 is 2.39 bits per heavy atom. The van der Waals surface area contributed by atoms with E-state index in [1.54, 1.807) is 0 Å². The van der Waals surface area contributed by atoms with Crippen LogP contribution in [0.3, 0.4) is 0 Å². The summed E-state index contributed by atoms with van der Waals surface area (Å²) in [4.78, 5) is 41.6. The van der Waals surface area contributed by atoms with Gasteiger partial charge in [-0.2, -0.15) is 0 Å². The van der Waals surface area contributed by atoms with Crippen molar-refractivity contribution in [2.75, 3.05) is 47.4 Å². The van der Waals surface area contributed by atoms with E-state index in [0.29, 0.717) is 24.8 Å². The normalized spacial score (nSPS) is 13.5. The van der Waals surface area contributed by atoms with Crippen molar-refractivity contribution in [2.45, 2.75) is 19.4 Å². The van der Waals surface area contributed by atoms with Crippen LogP contribution in [0.25, 0.3) is 0 Å². The van der Waals surface area contributed by atoms with Gasteiger partial charge in [0.15, 0.2) is 0 Å². The average Bonchev–Trinajstić information content (AvgIpc) is 2.98. The number of nitrogens with zero attached hydrogens (tertiary/aromatic N) is 3. The molecular weight excluding hydrogens is 436 g/mol. The van der Waals surface area contributed by atoms with Crippen LogP contribution in [0.5, 0.6) is 5.75 Å². The second-order valence-corrected chi connectivity index (χ2v) is 8.02. The Hall–Kier alpha value is -3.27. The van der Waals surface area contributed by atoms with Crippen LogP contribution in [0, 0.1) is 11.6 Å². The summed E-state index contributed by atoms with van der Waals surface area (Å²) < 4.78 is 39.3. The van der Waals surface area contributed by atoms with Gasteiger partial charge in [-0.1, -0.05) is 0 Å². The minimum Gasteiger partial charge on any atom is -0.492 e. The van der Waals surface area contributed by atoms with E-state index in [1.165, 1.54) is 22.6 Å². The smallest absolute Gasteiger partial charge is 0.343 e. The van der Waals surface area contributed by atoms with Crippen LogP contribution in [0.4, 0.5) is 8.78 Å². The highest BCUT2D eigenvalue weighted by Crippen LogP contribution is 2.25. The summed E-state index contributed by atoms with van der Waals surface area (Å²) in [7, 11) is 5.10. The lowest BCUT2D eigenvalue weighted by atomic mass is 10.1. The first kappa shape index (κ1) is 24.4. The minimum absolute atomic E-state index is 0.114. The molecule has 1 aliphatic rings. The first-order valence-electron chi connectivity index (χ1n) is 10.6. The third-order valence-electron chi connectivity index (χ3n) is 5.39. The van der Waals surface area contributed by atoms with Crippen LogP contribution >= 0.6 is 0 Å². The van der Waals surface area contributed by atoms with E-state index in [9.17, 15) is 23.2 Å². The molecule has 3 rings (SSSR count). The number of carbonyl (C=O) groups is 2. The molecule has 178 valence electrons. The van der Waals surface area contributed by atoms with Gasteiger partial charge in [0, 0.05) is 56.0 Å². The Morgan fingerprint density at radius 2 is 1.76 bits per heavy atom. The molecule has 0 radical (unpaired) electrons. The zero-order valence-corrected chi connectivity index (χ0v) is 18.9. The topological polar surface area (TPSA) is 81.1 Å². The predicted octanol–water partition coefficient (Wildman–Crippen LogP) is 1.94. The predicted molar refractivity (Wildman–Crippen MR) is 117 cm³/mol. The van der Waals surface area contributed by atoms with E-state index < -0.39 is 23.5 Å². The SMILES string of the molecule is COC(=O)c1c(OCCCN(C)C)cc(=O)n2c1CCN(C(=O)c1cc(F)cc(F)c1)CC2. The highest BCUT2D eigenvalue weighted by molar-refractivity contribution is 5.95. The van der Waals surface area contributed by atoms with E-state index in [1.807, 2.05) is 19.0 Å². The van der Waals surface area contributed by atoms with Crippen LogP contribution in [0.2, 0.25) is 0 Å². The van der Waals surface area contributed by atoms with Gasteiger partial charge in [0.2, 0.25) is 0 Å². The quantitative estimate of drug-likeness (QED) is 0.461. The number of amides is 1. The van der Waals surface area contributed by atoms with Gasteiger partial charge in [0.05, 0.1) is 13.7 Å². The van der Waals surface area contributed by atoms with E-state index in [0.717, 1.165) is 18.7 Å². The van der Waals surface area contributed by atoms with Gasteiger partial charge < -0.3 is 23.8 Å². The van der Waals surface area contributed by atoms with Crippen LogP contribution in [-0.4, -0.2) is 73.7 Å². The molecule has 2 heterocycles. The summed E-state index contributed by atoms with van der Waals surface area (Å²) in [6, 6.07) is 3.88. The molecule has 0 spiro atoms. The molecule has 0 saturated heterocycles. The Kier molecular flexibility index (Phi) is 7.80. The van der Waals surface area contributed by atoms with E-state index in [2.05, 4.69) is 0 Å². The van der Waals surface area contributed by atoms with Crippen LogP contribution < -0.4 is 10.3 Å². The third-order valence-corrected chi connectivity index (χ3v) is 5.39. The highest BCUT2D eigenvalue weighted by atomic mass is 19.1. The lowest BCUT2D eigenvalue weighted by Gasteiger charge is -2.20. The average molecular weight is 463 g/mol. The van der Waals surface area contributed by atoms with Gasteiger partial charge in [0.25, 0.3) is 11.5 Å². The van der Waals surface area contributed by atoms with Gasteiger partial charge in [-0.15, -0.1) is 0 Å². The molecule has 0 fully saturated rings. The van der Waals surface area contributed by atoms with Crippen LogP contribution in [0.15, 0.2) is 29.1 Å². The van der Waals surface area contributed by atoms with E-state index in [-0.39, 0.29) is 48.5 Å². The summed E-state index contributed by atoms with van der Waals surface area (Å²) in [5.41, 5.74) is 0.0565. The third kappa shape index (κ3) is 5.75. The lowest BCUT2D eigenvalue weighted by molar-refractivity contribution is 0.0593. The maximum absolute atomic E-state index is 13.6. The molecular formula is C23H27F2N3O5. The zero-order valence-electron chi connectivity index (χ0n) is 18.9. The summed E-state index contributed by atoms with van der Waals surface area (Å²) in [5, 5.41) is 0. The number of esters is 1. The number of halogens is 2. The summed E-state index contributed by atoms with van der Waals surface area (Å²) >= 11 is 0. The standard InChI is InChI=1S/C23H27F2N3O5/c1-26(2)6-4-10-33-19-14-20(29)28-9-8-27(7-5-18(28)21(19)23(31)32-3)22(30)15-11-16(24)13-17(25)12-15/h11-14H,4-10H2,1-3H3. The van der Waals surface area contributed by atoms with Gasteiger partial charge in [-0.05, 0) is 32.6 Å². The molecule has 1 amide bonds. The van der Waals surface area contributed by atoms with Gasteiger partial charge in [0.1, 0.15) is 22.9 Å². The Labute approximate surface area is 190 Å². The largest absolute Gasteiger partial charge is 0.492 e. The first-order valence-corrected chi connectivity index (χ1v) is 10.6. The molecule has 0 bridgehead atoms. The fraction of sp³-hybridized carbons (Fsp3) is 0.435. The molecule has 0 atom stereocenters. The van der Waals surface area contributed by atoms with Crippen molar-refractivity contribution in [3.63, 3.8) is 0 Å². The number of pyridine rings is 1. The maximum Gasteiger partial charge on any atom is 0.343 e. The minimum atomic E-state index is -0.850. The van der Waals surface area contributed by atoms with Crippen LogP contribution in [0.1, 0.15) is 32.8 Å². The molecule has 1 aliphatic heterocycles. The first-order chi connectivity index (χ1) is 15.7. The molecule has 1 aromatic carbocycles. The number of aromatic nitrogens is 1. The molecule has 10 heteroatoms. The zero-order chi connectivity index (χ0) is 24.1. The van der Waals surface area contributed by atoms with Crippen molar-refractivity contribution >= 4 is 11.9 Å². The van der Waals surface area contributed by atoms with Gasteiger partial charge >= 0.3 is 5.97 Å². The molecule has 1 aromatic heterocycles. The Bertz CT molecular complexity index is 1080. The van der Waals surface area contributed by atoms with Crippen molar-refractivity contribution in [3.05, 3.63) is 63.1 Å². The number of rotatable bonds is 7. The van der Waals surface area contributed by atoms with Crippen molar-refractivity contribution in [3.8, 4) is 5.75 Å². The number of fused-ring (bicyclic) bond motifs is 1. The maximum atomic E-state index is 13.6. The molecule has 0 aliphatic carbocycles. The highest BCUT2D eigenvalue weighted by Gasteiger charge is 2.28. The summed E-state index contributed by atoms with van der Waals surface area (Å²) in [5.74, 6) is -2.76. The van der Waals surface area contributed by atoms with Crippen molar-refractivity contribution < 1.29 is 27.8 Å². The Balaban J connectivity index is 1.88. The lowest BCUT2D eigenvalue weighted by Crippen LogP contribution is -2.34. The van der Waals surface area contributed by atoms with Crippen molar-refractivity contribution in [1.82, 2.24) is 14.4 Å². The van der Waals surface area contributed by atoms with Gasteiger partial charge in [-0.3, -0.25) is 9.59 Å². The Morgan fingerprint density at radius 1 is 1.06 bits per heavy atom. The fourth-order valence-electron chi connectivity index (χ4n) is 3.81. The molecule has 33 heavy (non-hydrogen) atoms. The van der Waals surface area contributed by atoms with Crippen molar-refractivity contribution in [1.29, 1.82) is 0 Å². The number of ether oxygens (including phenoxy) is 2. The number of methoxy groups -OCH3 is 1. The number of carbonyl (C=O) groups excluding carboxylic acids is 2. The number of hydrogen-bond donors (Lipinski definition) is 0. The van der Waals surface area contributed by atoms with Crippen LogP contribution in [-0.2, 0) is 17.7 Å². The molecule has 0 saturated carbocycles.